The number of ether oxygens (including phenoxy) is 2. The van der Waals surface area contributed by atoms with Crippen LogP contribution >= 0.6 is 23.1 Å². The van der Waals surface area contributed by atoms with Gasteiger partial charge in [-0.15, -0.1) is 21.5 Å². The van der Waals surface area contributed by atoms with Gasteiger partial charge in [0.05, 0.1) is 37.1 Å². The number of hydrogen-bond acceptors (Lipinski definition) is 10. The van der Waals surface area contributed by atoms with Gasteiger partial charge >= 0.3 is 11.9 Å². The van der Waals surface area contributed by atoms with E-state index >= 15 is 0 Å². The number of esters is 2. The van der Waals surface area contributed by atoms with E-state index in [4.69, 9.17) is 9.47 Å². The molecule has 0 aliphatic rings. The van der Waals surface area contributed by atoms with E-state index in [1.807, 2.05) is 30.3 Å². The molecule has 0 saturated heterocycles. The van der Waals surface area contributed by atoms with Crippen LogP contribution in [0.4, 0.5) is 9.39 Å². The third-order valence-electron chi connectivity index (χ3n) is 6.45. The molecule has 0 fully saturated rings. The maximum atomic E-state index is 13.6. The van der Waals surface area contributed by atoms with Crippen LogP contribution in [0.2, 0.25) is 0 Å². The number of hydrogen-bond donors (Lipinski definition) is 2. The first-order chi connectivity index (χ1) is 21.6. The molecule has 2 heterocycles. The minimum absolute atomic E-state index is 0.00429. The van der Waals surface area contributed by atoms with E-state index in [1.165, 1.54) is 18.2 Å². The molecule has 4 rings (SSSR count). The molecule has 0 radical (unpaired) electrons. The highest BCUT2D eigenvalue weighted by atomic mass is 32.2. The molecule has 0 saturated carbocycles. The molecule has 0 aliphatic heterocycles. The van der Waals surface area contributed by atoms with Gasteiger partial charge in [-0.05, 0) is 57.0 Å². The number of rotatable bonds is 13. The third kappa shape index (κ3) is 8.34. The Balaban J connectivity index is 1.55. The summed E-state index contributed by atoms with van der Waals surface area (Å²) in [5.74, 6) is -2.28. The fraction of sp³-hybridized carbons (Fsp3) is 0.290. The molecule has 0 bridgehead atoms. The standard InChI is InChI=1S/C31H32FN5O6S2/c1-5-42-29(40)24-18(3)25(30(41)43-6-2)45-28(24)34-26(38)19(4)44-31-36-35-23(37(31)17-20-11-8-7-9-12-20)16-33-27(39)21-13-10-14-22(32)15-21/h7-15,19H,5-6,16-17H2,1-4H3,(H,33,39)(H,34,38)/t19-/m0/s1. The number of halogens is 1. The monoisotopic (exact) mass is 653 g/mol. The van der Waals surface area contributed by atoms with E-state index in [2.05, 4.69) is 20.8 Å². The van der Waals surface area contributed by atoms with Crippen molar-refractivity contribution in [3.8, 4) is 0 Å². The number of carbonyl (C=O) groups excluding carboxylic acids is 4. The van der Waals surface area contributed by atoms with Gasteiger partial charge in [-0.25, -0.2) is 14.0 Å². The van der Waals surface area contributed by atoms with Crippen molar-refractivity contribution >= 4 is 51.9 Å². The van der Waals surface area contributed by atoms with Gasteiger partial charge in [-0.3, -0.25) is 9.59 Å². The van der Waals surface area contributed by atoms with Crippen LogP contribution in [0.15, 0.2) is 59.8 Å². The second-order valence-electron chi connectivity index (χ2n) is 9.61. The summed E-state index contributed by atoms with van der Waals surface area (Å²) in [6.07, 6.45) is 0. The van der Waals surface area contributed by atoms with Gasteiger partial charge in [0.2, 0.25) is 5.91 Å². The van der Waals surface area contributed by atoms with Gasteiger partial charge in [0.1, 0.15) is 15.7 Å². The summed E-state index contributed by atoms with van der Waals surface area (Å²) in [7, 11) is 0. The van der Waals surface area contributed by atoms with Crippen LogP contribution in [0.3, 0.4) is 0 Å². The molecule has 14 heteroatoms. The summed E-state index contributed by atoms with van der Waals surface area (Å²) in [6, 6.07) is 14.9. The van der Waals surface area contributed by atoms with Gasteiger partial charge in [-0.2, -0.15) is 0 Å². The zero-order valence-corrected chi connectivity index (χ0v) is 26.7. The largest absolute Gasteiger partial charge is 0.462 e. The lowest BCUT2D eigenvalue weighted by molar-refractivity contribution is -0.115. The highest BCUT2D eigenvalue weighted by Crippen LogP contribution is 2.35. The number of nitrogens with one attached hydrogen (secondary N) is 2. The summed E-state index contributed by atoms with van der Waals surface area (Å²) >= 11 is 2.08. The van der Waals surface area contributed by atoms with E-state index in [-0.39, 0.29) is 40.8 Å². The lowest BCUT2D eigenvalue weighted by Gasteiger charge is -2.14. The number of amides is 2. The zero-order valence-electron chi connectivity index (χ0n) is 25.1. The highest BCUT2D eigenvalue weighted by Gasteiger charge is 2.29. The Kier molecular flexibility index (Phi) is 11.4. The van der Waals surface area contributed by atoms with E-state index < -0.39 is 34.8 Å². The smallest absolute Gasteiger partial charge is 0.348 e. The van der Waals surface area contributed by atoms with Gasteiger partial charge in [-0.1, -0.05) is 48.2 Å². The first-order valence-electron chi connectivity index (χ1n) is 14.1. The Hall–Kier alpha value is -4.56. The van der Waals surface area contributed by atoms with Crippen LogP contribution in [0.25, 0.3) is 0 Å². The summed E-state index contributed by atoms with van der Waals surface area (Å²) in [5.41, 5.74) is 1.56. The SMILES string of the molecule is CCOC(=O)c1sc(NC(=O)[C@H](C)Sc2nnc(CNC(=O)c3cccc(F)c3)n2Cc2ccccc2)c(C(=O)OCC)c1C. The molecule has 1 atom stereocenters. The fourth-order valence-electron chi connectivity index (χ4n) is 4.22. The molecule has 2 amide bonds. The van der Waals surface area contributed by atoms with Crippen LogP contribution in [0.1, 0.15) is 68.1 Å². The Labute approximate surface area is 267 Å². The van der Waals surface area contributed by atoms with Crippen LogP contribution in [-0.4, -0.2) is 57.0 Å². The number of thioether (sulfide) groups is 1. The topological polar surface area (TPSA) is 142 Å². The van der Waals surface area contributed by atoms with Crippen molar-refractivity contribution in [3.05, 3.63) is 93.4 Å². The molecule has 11 nitrogen and oxygen atoms in total. The van der Waals surface area contributed by atoms with Crippen molar-refractivity contribution in [1.82, 2.24) is 20.1 Å². The van der Waals surface area contributed by atoms with Gasteiger partial charge in [0.15, 0.2) is 11.0 Å². The summed E-state index contributed by atoms with van der Waals surface area (Å²) in [6.45, 7) is 7.24. The Morgan fingerprint density at radius 3 is 2.40 bits per heavy atom. The number of thiophene rings is 1. The second-order valence-corrected chi connectivity index (χ2v) is 11.9. The molecule has 236 valence electrons. The van der Waals surface area contributed by atoms with E-state index in [1.54, 1.807) is 32.3 Å². The molecule has 0 spiro atoms. The average Bonchev–Trinajstić information content (AvgIpc) is 3.55. The second kappa shape index (κ2) is 15.4. The van der Waals surface area contributed by atoms with Gasteiger partial charge in [0, 0.05) is 5.56 Å². The molecule has 2 aromatic heterocycles. The lowest BCUT2D eigenvalue weighted by atomic mass is 10.1. The van der Waals surface area contributed by atoms with Gasteiger partial charge < -0.3 is 24.7 Å². The lowest BCUT2D eigenvalue weighted by Crippen LogP contribution is -2.25. The summed E-state index contributed by atoms with van der Waals surface area (Å²) < 4.78 is 25.7. The maximum Gasteiger partial charge on any atom is 0.348 e. The predicted molar refractivity (Wildman–Crippen MR) is 168 cm³/mol. The first-order valence-corrected chi connectivity index (χ1v) is 15.8. The molecular formula is C31H32FN5O6S2. The molecule has 0 aliphatic carbocycles. The Morgan fingerprint density at radius 1 is 1.00 bits per heavy atom. The molecule has 0 unspecified atom stereocenters. The van der Waals surface area contributed by atoms with Crippen molar-refractivity contribution in [2.24, 2.45) is 0 Å². The molecule has 4 aromatic rings. The molecule has 45 heavy (non-hydrogen) atoms. The quantitative estimate of drug-likeness (QED) is 0.146. The number of nitrogens with zero attached hydrogens (tertiary/aromatic N) is 3. The Morgan fingerprint density at radius 2 is 1.71 bits per heavy atom. The molecule has 2 N–H and O–H groups in total. The van der Waals surface area contributed by atoms with Crippen LogP contribution < -0.4 is 10.6 Å². The van der Waals surface area contributed by atoms with E-state index in [0.29, 0.717) is 23.1 Å². The zero-order chi connectivity index (χ0) is 32.5. The van der Waals surface area contributed by atoms with Crippen molar-refractivity contribution in [3.63, 3.8) is 0 Å². The number of benzene rings is 2. The summed E-state index contributed by atoms with van der Waals surface area (Å²) in [5, 5.41) is 13.9. The molecule has 2 aromatic carbocycles. The Bertz CT molecular complexity index is 1690. The number of carbonyl (C=O) groups is 4. The van der Waals surface area contributed by atoms with Crippen molar-refractivity contribution in [2.45, 2.75) is 51.2 Å². The van der Waals surface area contributed by atoms with E-state index in [0.717, 1.165) is 34.7 Å². The van der Waals surface area contributed by atoms with Crippen LogP contribution in [-0.2, 0) is 27.4 Å². The van der Waals surface area contributed by atoms with Crippen molar-refractivity contribution in [2.75, 3.05) is 18.5 Å². The summed E-state index contributed by atoms with van der Waals surface area (Å²) in [4.78, 5) is 51.5. The van der Waals surface area contributed by atoms with Crippen molar-refractivity contribution in [1.29, 1.82) is 0 Å². The fourth-order valence-corrected chi connectivity index (χ4v) is 6.18. The number of aromatic nitrogens is 3. The minimum atomic E-state index is -0.720. The maximum absolute atomic E-state index is 13.6. The third-order valence-corrected chi connectivity index (χ3v) is 8.71. The number of anilines is 1. The van der Waals surface area contributed by atoms with Gasteiger partial charge in [0.25, 0.3) is 5.91 Å². The minimum Gasteiger partial charge on any atom is -0.462 e. The predicted octanol–water partition coefficient (Wildman–Crippen LogP) is 5.24. The van der Waals surface area contributed by atoms with Crippen LogP contribution in [0.5, 0.6) is 0 Å². The van der Waals surface area contributed by atoms with Crippen LogP contribution in [0, 0.1) is 12.7 Å². The average molecular weight is 654 g/mol. The highest BCUT2D eigenvalue weighted by molar-refractivity contribution is 8.00. The van der Waals surface area contributed by atoms with E-state index in [9.17, 15) is 23.6 Å². The first kappa shape index (κ1) is 33.3. The molecular weight excluding hydrogens is 622 g/mol. The normalized spacial score (nSPS) is 11.5. The van der Waals surface area contributed by atoms with Crippen molar-refractivity contribution < 1.29 is 33.0 Å².